The Labute approximate surface area is 84.6 Å². The molecule has 0 radical (unpaired) electrons. The first-order valence-electron chi connectivity index (χ1n) is 4.98. The molecule has 1 fully saturated rings. The van der Waals surface area contributed by atoms with E-state index >= 15 is 0 Å². The fourth-order valence-electron chi connectivity index (χ4n) is 1.58. The van der Waals surface area contributed by atoms with E-state index in [1.807, 2.05) is 19.3 Å². The van der Waals surface area contributed by atoms with E-state index in [9.17, 15) is 0 Å². The summed E-state index contributed by atoms with van der Waals surface area (Å²) in [5.74, 6) is 1.00. The summed E-state index contributed by atoms with van der Waals surface area (Å²) >= 11 is 0. The van der Waals surface area contributed by atoms with E-state index in [-0.39, 0.29) is 0 Å². The molecule has 0 bridgehead atoms. The summed E-state index contributed by atoms with van der Waals surface area (Å²) in [5.41, 5.74) is 0.975. The van der Waals surface area contributed by atoms with Gasteiger partial charge in [-0.25, -0.2) is 4.98 Å². The molecule has 0 amide bonds. The van der Waals surface area contributed by atoms with Crippen LogP contribution in [0.2, 0.25) is 0 Å². The highest BCUT2D eigenvalue weighted by atomic mass is 15.3. The molecule has 4 nitrogen and oxygen atoms in total. The minimum Gasteiger partial charge on any atom is -0.353 e. The van der Waals surface area contributed by atoms with Crippen LogP contribution in [0.4, 0.5) is 5.82 Å². The van der Waals surface area contributed by atoms with Crippen molar-refractivity contribution in [2.45, 2.75) is 6.92 Å². The molecule has 2 heterocycles. The second-order valence-corrected chi connectivity index (χ2v) is 3.81. The van der Waals surface area contributed by atoms with Crippen LogP contribution < -0.4 is 4.90 Å². The molecule has 4 heteroatoms. The van der Waals surface area contributed by atoms with Crippen LogP contribution in [0, 0.1) is 6.92 Å². The average molecular weight is 192 g/mol. The molecule has 14 heavy (non-hydrogen) atoms. The van der Waals surface area contributed by atoms with Gasteiger partial charge in [-0.1, -0.05) is 0 Å². The lowest BCUT2D eigenvalue weighted by atomic mass is 10.3. The molecule has 1 aromatic rings. The van der Waals surface area contributed by atoms with Crippen molar-refractivity contribution in [2.24, 2.45) is 0 Å². The molecule has 1 saturated heterocycles. The summed E-state index contributed by atoms with van der Waals surface area (Å²) in [7, 11) is 2.15. The van der Waals surface area contributed by atoms with E-state index in [4.69, 9.17) is 0 Å². The maximum atomic E-state index is 4.37. The fraction of sp³-hybridized carbons (Fsp3) is 0.600. The molecule has 2 rings (SSSR count). The minimum absolute atomic E-state index is 0.975. The summed E-state index contributed by atoms with van der Waals surface area (Å²) < 4.78 is 0. The quantitative estimate of drug-likeness (QED) is 0.650. The van der Waals surface area contributed by atoms with Crippen LogP contribution in [-0.4, -0.2) is 48.1 Å². The van der Waals surface area contributed by atoms with Gasteiger partial charge < -0.3 is 9.80 Å². The van der Waals surface area contributed by atoms with Crippen molar-refractivity contribution < 1.29 is 0 Å². The number of piperazine rings is 1. The Hall–Kier alpha value is -1.16. The Kier molecular flexibility index (Phi) is 2.63. The third-order valence-corrected chi connectivity index (χ3v) is 2.59. The largest absolute Gasteiger partial charge is 0.353 e. The maximum Gasteiger partial charge on any atom is 0.147 e. The number of nitrogens with zero attached hydrogens (tertiary/aromatic N) is 4. The second kappa shape index (κ2) is 3.92. The molecule has 0 aromatic carbocycles. The highest BCUT2D eigenvalue weighted by Gasteiger charge is 2.14. The summed E-state index contributed by atoms with van der Waals surface area (Å²) in [5, 5.41) is 0. The molecule has 0 saturated carbocycles. The zero-order valence-corrected chi connectivity index (χ0v) is 8.77. The predicted octanol–water partition coefficient (Wildman–Crippen LogP) is 0.537. The number of rotatable bonds is 1. The maximum absolute atomic E-state index is 4.37. The zero-order valence-electron chi connectivity index (χ0n) is 8.77. The van der Waals surface area contributed by atoms with Crippen LogP contribution in [0.15, 0.2) is 12.4 Å². The first-order valence-corrected chi connectivity index (χ1v) is 4.98. The van der Waals surface area contributed by atoms with E-state index in [2.05, 4.69) is 26.8 Å². The Balaban J connectivity index is 2.05. The molecule has 0 aliphatic carbocycles. The topological polar surface area (TPSA) is 32.3 Å². The molecule has 1 aliphatic rings. The van der Waals surface area contributed by atoms with Crippen LogP contribution >= 0.6 is 0 Å². The summed E-state index contributed by atoms with van der Waals surface area (Å²) in [6.45, 7) is 6.27. The Morgan fingerprint density at radius 3 is 2.36 bits per heavy atom. The van der Waals surface area contributed by atoms with Crippen molar-refractivity contribution in [1.29, 1.82) is 0 Å². The molecular weight excluding hydrogens is 176 g/mol. The van der Waals surface area contributed by atoms with E-state index in [1.54, 1.807) is 0 Å². The van der Waals surface area contributed by atoms with Gasteiger partial charge in [-0.05, 0) is 14.0 Å². The van der Waals surface area contributed by atoms with E-state index in [1.165, 1.54) is 0 Å². The Bertz CT molecular complexity index is 287. The van der Waals surface area contributed by atoms with Gasteiger partial charge in [0.25, 0.3) is 0 Å². The fourth-order valence-corrected chi connectivity index (χ4v) is 1.58. The van der Waals surface area contributed by atoms with Crippen molar-refractivity contribution in [1.82, 2.24) is 14.9 Å². The first-order chi connectivity index (χ1) is 6.75. The molecular formula is C10H16N4. The van der Waals surface area contributed by atoms with Crippen LogP contribution in [0.25, 0.3) is 0 Å². The number of hydrogen-bond donors (Lipinski definition) is 0. The third kappa shape index (κ3) is 2.01. The van der Waals surface area contributed by atoms with Crippen LogP contribution in [-0.2, 0) is 0 Å². The zero-order chi connectivity index (χ0) is 9.97. The molecule has 76 valence electrons. The second-order valence-electron chi connectivity index (χ2n) is 3.81. The minimum atomic E-state index is 0.975. The lowest BCUT2D eigenvalue weighted by Gasteiger charge is -2.32. The number of hydrogen-bond acceptors (Lipinski definition) is 4. The van der Waals surface area contributed by atoms with Gasteiger partial charge in [-0.3, -0.25) is 4.98 Å². The number of anilines is 1. The van der Waals surface area contributed by atoms with Crippen molar-refractivity contribution in [3.8, 4) is 0 Å². The molecule has 0 atom stereocenters. The van der Waals surface area contributed by atoms with Crippen molar-refractivity contribution in [3.05, 3.63) is 18.1 Å². The van der Waals surface area contributed by atoms with Gasteiger partial charge in [0.1, 0.15) is 5.82 Å². The normalized spacial score (nSPS) is 18.6. The summed E-state index contributed by atoms with van der Waals surface area (Å²) in [6.07, 6.45) is 3.69. The SMILES string of the molecule is Cc1cnc(N2CCN(C)CC2)cn1. The Morgan fingerprint density at radius 2 is 1.79 bits per heavy atom. The third-order valence-electron chi connectivity index (χ3n) is 2.59. The van der Waals surface area contributed by atoms with Crippen LogP contribution in [0.5, 0.6) is 0 Å². The van der Waals surface area contributed by atoms with Crippen molar-refractivity contribution >= 4 is 5.82 Å². The monoisotopic (exact) mass is 192 g/mol. The van der Waals surface area contributed by atoms with Gasteiger partial charge in [-0.15, -0.1) is 0 Å². The number of likely N-dealkylation sites (N-methyl/N-ethyl adjacent to an activating group) is 1. The van der Waals surface area contributed by atoms with Crippen LogP contribution in [0.3, 0.4) is 0 Å². The molecule has 1 aliphatic heterocycles. The summed E-state index contributed by atoms with van der Waals surface area (Å²) in [6, 6.07) is 0. The molecule has 0 N–H and O–H groups in total. The van der Waals surface area contributed by atoms with E-state index < -0.39 is 0 Å². The highest BCUT2D eigenvalue weighted by Crippen LogP contribution is 2.10. The standard InChI is InChI=1S/C10H16N4/c1-9-7-12-10(8-11-9)14-5-3-13(2)4-6-14/h7-8H,3-6H2,1-2H3. The van der Waals surface area contributed by atoms with E-state index in [0.29, 0.717) is 0 Å². The van der Waals surface area contributed by atoms with Gasteiger partial charge in [-0.2, -0.15) is 0 Å². The van der Waals surface area contributed by atoms with Crippen LogP contribution in [0.1, 0.15) is 5.69 Å². The van der Waals surface area contributed by atoms with Gasteiger partial charge in [0.15, 0.2) is 0 Å². The van der Waals surface area contributed by atoms with Gasteiger partial charge in [0, 0.05) is 26.2 Å². The smallest absolute Gasteiger partial charge is 0.147 e. The van der Waals surface area contributed by atoms with Crippen molar-refractivity contribution in [2.75, 3.05) is 38.1 Å². The van der Waals surface area contributed by atoms with Gasteiger partial charge >= 0.3 is 0 Å². The van der Waals surface area contributed by atoms with Gasteiger partial charge in [0.05, 0.1) is 18.1 Å². The van der Waals surface area contributed by atoms with Crippen molar-refractivity contribution in [3.63, 3.8) is 0 Å². The number of aromatic nitrogens is 2. The lowest BCUT2D eigenvalue weighted by molar-refractivity contribution is 0.312. The highest BCUT2D eigenvalue weighted by molar-refractivity contribution is 5.36. The Morgan fingerprint density at radius 1 is 1.07 bits per heavy atom. The molecule has 1 aromatic heterocycles. The predicted molar refractivity (Wildman–Crippen MR) is 56.5 cm³/mol. The lowest BCUT2D eigenvalue weighted by Crippen LogP contribution is -2.44. The molecule has 0 spiro atoms. The summed E-state index contributed by atoms with van der Waals surface area (Å²) in [4.78, 5) is 13.2. The average Bonchev–Trinajstić information content (AvgIpc) is 2.21. The first kappa shape index (κ1) is 9.40. The number of aryl methyl sites for hydroxylation is 1. The van der Waals surface area contributed by atoms with E-state index in [0.717, 1.165) is 37.7 Å². The molecule has 0 unspecified atom stereocenters. The van der Waals surface area contributed by atoms with Gasteiger partial charge in [0.2, 0.25) is 0 Å².